The van der Waals surface area contributed by atoms with Gasteiger partial charge in [0.15, 0.2) is 0 Å². The second-order valence-corrected chi connectivity index (χ2v) is 6.60. The minimum Gasteiger partial charge on any atom is -0.339 e. The van der Waals surface area contributed by atoms with E-state index < -0.39 is 0 Å². The summed E-state index contributed by atoms with van der Waals surface area (Å²) in [6, 6.07) is 14.2. The maximum Gasteiger partial charge on any atom is 0.255 e. The summed E-state index contributed by atoms with van der Waals surface area (Å²) < 4.78 is 0.998. The van der Waals surface area contributed by atoms with Crippen LogP contribution in [0.25, 0.3) is 20.7 Å². The Balaban J connectivity index is 1.80. The van der Waals surface area contributed by atoms with Gasteiger partial charge < -0.3 is 4.90 Å². The SMILES string of the molecule is O=C(c1ccnc2cc(-c3ccccc3)sc12)N1CCCC1. The van der Waals surface area contributed by atoms with E-state index in [1.54, 1.807) is 17.5 Å². The van der Waals surface area contributed by atoms with Crippen molar-refractivity contribution < 1.29 is 4.79 Å². The summed E-state index contributed by atoms with van der Waals surface area (Å²) in [4.78, 5) is 20.3. The van der Waals surface area contributed by atoms with E-state index >= 15 is 0 Å². The van der Waals surface area contributed by atoms with Crippen LogP contribution in [-0.2, 0) is 0 Å². The third-order valence-corrected chi connectivity index (χ3v) is 5.30. The van der Waals surface area contributed by atoms with Crippen LogP contribution in [0.2, 0.25) is 0 Å². The van der Waals surface area contributed by atoms with Gasteiger partial charge in [0.1, 0.15) is 0 Å². The van der Waals surface area contributed by atoms with Gasteiger partial charge in [0.25, 0.3) is 5.91 Å². The second kappa shape index (κ2) is 5.54. The van der Waals surface area contributed by atoms with E-state index in [1.807, 2.05) is 29.2 Å². The van der Waals surface area contributed by atoms with E-state index in [0.29, 0.717) is 0 Å². The standard InChI is InChI=1S/C18H16N2OS/c21-18(20-10-4-5-11-20)14-8-9-19-15-12-16(22-17(14)15)13-6-2-1-3-7-13/h1-3,6-9,12H,4-5,10-11H2. The minimum absolute atomic E-state index is 0.145. The highest BCUT2D eigenvalue weighted by molar-refractivity contribution is 7.22. The molecular formula is C18H16N2OS. The first-order valence-corrected chi connectivity index (χ1v) is 8.38. The molecule has 0 bridgehead atoms. The van der Waals surface area contributed by atoms with Gasteiger partial charge in [0, 0.05) is 24.2 Å². The topological polar surface area (TPSA) is 33.2 Å². The van der Waals surface area contributed by atoms with Crippen LogP contribution in [0.4, 0.5) is 0 Å². The van der Waals surface area contributed by atoms with Crippen molar-refractivity contribution in [2.45, 2.75) is 12.8 Å². The van der Waals surface area contributed by atoms with Crippen molar-refractivity contribution in [1.29, 1.82) is 0 Å². The summed E-state index contributed by atoms with van der Waals surface area (Å²) in [5, 5.41) is 0. The summed E-state index contributed by atoms with van der Waals surface area (Å²) in [5.41, 5.74) is 2.87. The zero-order chi connectivity index (χ0) is 14.9. The number of nitrogens with zero attached hydrogens (tertiary/aromatic N) is 2. The Morgan fingerprint density at radius 1 is 1.09 bits per heavy atom. The first-order valence-electron chi connectivity index (χ1n) is 7.56. The number of aromatic nitrogens is 1. The predicted octanol–water partition coefficient (Wildman–Crippen LogP) is 4.20. The molecule has 0 unspecified atom stereocenters. The Morgan fingerprint density at radius 3 is 2.64 bits per heavy atom. The number of hydrogen-bond acceptors (Lipinski definition) is 3. The van der Waals surface area contributed by atoms with Gasteiger partial charge in [-0.2, -0.15) is 0 Å². The molecular weight excluding hydrogens is 292 g/mol. The molecule has 0 saturated carbocycles. The van der Waals surface area contributed by atoms with Gasteiger partial charge in [-0.15, -0.1) is 11.3 Å². The number of rotatable bonds is 2. The normalized spacial score (nSPS) is 14.6. The lowest BCUT2D eigenvalue weighted by Gasteiger charge is -2.15. The number of thiophene rings is 1. The number of hydrogen-bond donors (Lipinski definition) is 0. The molecule has 3 nitrogen and oxygen atoms in total. The maximum absolute atomic E-state index is 12.7. The van der Waals surface area contributed by atoms with Gasteiger partial charge >= 0.3 is 0 Å². The van der Waals surface area contributed by atoms with Crippen molar-refractivity contribution in [2.75, 3.05) is 13.1 Å². The van der Waals surface area contributed by atoms with Crippen molar-refractivity contribution in [1.82, 2.24) is 9.88 Å². The van der Waals surface area contributed by atoms with Crippen LogP contribution in [0.1, 0.15) is 23.2 Å². The number of fused-ring (bicyclic) bond motifs is 1. The van der Waals surface area contributed by atoms with Crippen LogP contribution in [0.3, 0.4) is 0 Å². The molecule has 2 aromatic heterocycles. The molecule has 0 N–H and O–H groups in total. The lowest BCUT2D eigenvalue weighted by atomic mass is 10.1. The van der Waals surface area contributed by atoms with Gasteiger partial charge in [0.2, 0.25) is 0 Å². The molecule has 0 aliphatic carbocycles. The summed E-state index contributed by atoms with van der Waals surface area (Å²) in [7, 11) is 0. The molecule has 0 atom stereocenters. The number of carbonyl (C=O) groups excluding carboxylic acids is 1. The molecule has 1 saturated heterocycles. The number of amides is 1. The van der Waals surface area contributed by atoms with E-state index in [1.165, 1.54) is 5.56 Å². The van der Waals surface area contributed by atoms with Gasteiger partial charge in [-0.05, 0) is 30.5 Å². The molecule has 1 aliphatic heterocycles. The third kappa shape index (κ3) is 2.29. The fourth-order valence-electron chi connectivity index (χ4n) is 2.94. The molecule has 22 heavy (non-hydrogen) atoms. The van der Waals surface area contributed by atoms with E-state index in [9.17, 15) is 4.79 Å². The summed E-state index contributed by atoms with van der Waals surface area (Å²) in [5.74, 6) is 0.145. The molecule has 1 fully saturated rings. The van der Waals surface area contributed by atoms with Crippen LogP contribution in [0.5, 0.6) is 0 Å². The van der Waals surface area contributed by atoms with Gasteiger partial charge in [0.05, 0.1) is 15.8 Å². The van der Waals surface area contributed by atoms with E-state index in [-0.39, 0.29) is 5.91 Å². The van der Waals surface area contributed by atoms with Crippen LogP contribution < -0.4 is 0 Å². The van der Waals surface area contributed by atoms with Crippen LogP contribution >= 0.6 is 11.3 Å². The second-order valence-electron chi connectivity index (χ2n) is 5.55. The molecule has 1 aromatic carbocycles. The summed E-state index contributed by atoms with van der Waals surface area (Å²) >= 11 is 1.65. The average Bonchev–Trinajstić information content (AvgIpc) is 3.24. The molecule has 0 spiro atoms. The highest BCUT2D eigenvalue weighted by atomic mass is 32.1. The number of benzene rings is 1. The van der Waals surface area contributed by atoms with Crippen molar-refractivity contribution >= 4 is 27.5 Å². The van der Waals surface area contributed by atoms with Gasteiger partial charge in [-0.1, -0.05) is 30.3 Å². The smallest absolute Gasteiger partial charge is 0.255 e. The molecule has 3 heterocycles. The van der Waals surface area contributed by atoms with Crippen molar-refractivity contribution in [3.05, 3.63) is 54.2 Å². The number of pyridine rings is 1. The lowest BCUT2D eigenvalue weighted by Crippen LogP contribution is -2.27. The Bertz CT molecular complexity index is 819. The van der Waals surface area contributed by atoms with Crippen LogP contribution in [-0.4, -0.2) is 28.9 Å². The van der Waals surface area contributed by atoms with E-state index in [2.05, 4.69) is 23.2 Å². The Morgan fingerprint density at radius 2 is 1.86 bits per heavy atom. The molecule has 1 aliphatic rings. The van der Waals surface area contributed by atoms with E-state index in [4.69, 9.17) is 0 Å². The van der Waals surface area contributed by atoms with Crippen molar-refractivity contribution in [2.24, 2.45) is 0 Å². The van der Waals surface area contributed by atoms with Gasteiger partial charge in [-0.3, -0.25) is 9.78 Å². The van der Waals surface area contributed by atoms with Crippen LogP contribution in [0, 0.1) is 0 Å². The first-order chi connectivity index (χ1) is 10.8. The minimum atomic E-state index is 0.145. The molecule has 4 heteroatoms. The fraction of sp³-hybridized carbons (Fsp3) is 0.222. The largest absolute Gasteiger partial charge is 0.339 e. The molecule has 3 aromatic rings. The lowest BCUT2D eigenvalue weighted by molar-refractivity contribution is 0.0795. The first kappa shape index (κ1) is 13.5. The summed E-state index contributed by atoms with van der Waals surface area (Å²) in [6.45, 7) is 1.75. The Kier molecular flexibility index (Phi) is 3.39. The Hall–Kier alpha value is -2.20. The van der Waals surface area contributed by atoms with Crippen molar-refractivity contribution in [3.63, 3.8) is 0 Å². The molecule has 110 valence electrons. The average molecular weight is 308 g/mol. The number of carbonyl (C=O) groups is 1. The van der Waals surface area contributed by atoms with Crippen molar-refractivity contribution in [3.8, 4) is 10.4 Å². The van der Waals surface area contributed by atoms with Gasteiger partial charge in [-0.25, -0.2) is 0 Å². The highest BCUT2D eigenvalue weighted by Crippen LogP contribution is 2.34. The highest BCUT2D eigenvalue weighted by Gasteiger charge is 2.22. The molecule has 4 rings (SSSR count). The number of likely N-dealkylation sites (tertiary alicyclic amines) is 1. The quantitative estimate of drug-likeness (QED) is 0.711. The summed E-state index contributed by atoms with van der Waals surface area (Å²) in [6.07, 6.45) is 3.96. The fourth-order valence-corrected chi connectivity index (χ4v) is 4.07. The maximum atomic E-state index is 12.7. The molecule has 1 amide bonds. The zero-order valence-electron chi connectivity index (χ0n) is 12.2. The Labute approximate surface area is 133 Å². The molecule has 0 radical (unpaired) electrons. The predicted molar refractivity (Wildman–Crippen MR) is 90.2 cm³/mol. The third-order valence-electron chi connectivity index (χ3n) is 4.09. The zero-order valence-corrected chi connectivity index (χ0v) is 13.0. The van der Waals surface area contributed by atoms with Crippen LogP contribution in [0.15, 0.2) is 48.7 Å². The van der Waals surface area contributed by atoms with E-state index in [0.717, 1.165) is 46.6 Å². The monoisotopic (exact) mass is 308 g/mol.